The van der Waals surface area contributed by atoms with Crippen molar-refractivity contribution in [3.63, 3.8) is 0 Å². The standard InChI is InChI=1S/C14H18N4O/c1-5-9-16-13(15)17-14(19)18(4)12-10(2)7-6-8-11(12)3/h1,6-8H,9H2,2-4H3,(H3,15,16,17,19). The molecule has 0 aliphatic heterocycles. The number of carbonyl (C=O) groups excluding carboxylic acids is 1. The number of nitrogens with one attached hydrogen (secondary N) is 1. The zero-order valence-corrected chi connectivity index (χ0v) is 11.4. The van der Waals surface area contributed by atoms with E-state index in [0.717, 1.165) is 16.8 Å². The third-order valence-corrected chi connectivity index (χ3v) is 2.66. The molecule has 2 amide bonds. The molecule has 1 rings (SSSR count). The van der Waals surface area contributed by atoms with Gasteiger partial charge in [-0.1, -0.05) is 24.1 Å². The summed E-state index contributed by atoms with van der Waals surface area (Å²) in [5.41, 5.74) is 8.42. The second-order valence-electron chi connectivity index (χ2n) is 4.14. The number of aliphatic imine (C=N–C) groups is 1. The van der Waals surface area contributed by atoms with E-state index in [1.807, 2.05) is 32.0 Å². The van der Waals surface area contributed by atoms with Crippen LogP contribution in [0.4, 0.5) is 10.5 Å². The topological polar surface area (TPSA) is 70.7 Å². The van der Waals surface area contributed by atoms with Crippen LogP contribution in [0.25, 0.3) is 0 Å². The van der Waals surface area contributed by atoms with Gasteiger partial charge in [0.1, 0.15) is 6.54 Å². The molecule has 0 aliphatic rings. The number of para-hydroxylation sites is 1. The van der Waals surface area contributed by atoms with E-state index >= 15 is 0 Å². The van der Waals surface area contributed by atoms with Crippen LogP contribution in [0.5, 0.6) is 0 Å². The Bertz CT molecular complexity index is 523. The lowest BCUT2D eigenvalue weighted by Crippen LogP contribution is -2.44. The predicted octanol–water partition coefficient (Wildman–Crippen LogP) is 1.40. The number of nitrogens with zero attached hydrogens (tertiary/aromatic N) is 2. The summed E-state index contributed by atoms with van der Waals surface area (Å²) in [6, 6.07) is 5.49. The monoisotopic (exact) mass is 258 g/mol. The lowest BCUT2D eigenvalue weighted by atomic mass is 10.1. The highest BCUT2D eigenvalue weighted by Crippen LogP contribution is 2.23. The van der Waals surface area contributed by atoms with Crippen molar-refractivity contribution in [1.29, 1.82) is 0 Å². The summed E-state index contributed by atoms with van der Waals surface area (Å²) in [6.07, 6.45) is 5.06. The number of aryl methyl sites for hydroxylation is 2. The molecule has 0 atom stereocenters. The highest BCUT2D eigenvalue weighted by molar-refractivity contribution is 6.03. The molecule has 0 saturated carbocycles. The van der Waals surface area contributed by atoms with E-state index in [0.29, 0.717) is 0 Å². The third-order valence-electron chi connectivity index (χ3n) is 2.66. The van der Waals surface area contributed by atoms with Gasteiger partial charge in [0.2, 0.25) is 0 Å². The van der Waals surface area contributed by atoms with Crippen molar-refractivity contribution >= 4 is 17.7 Å². The number of terminal acetylenes is 1. The number of benzene rings is 1. The van der Waals surface area contributed by atoms with Crippen molar-refractivity contribution in [3.8, 4) is 12.3 Å². The molecule has 5 nitrogen and oxygen atoms in total. The predicted molar refractivity (Wildman–Crippen MR) is 78.2 cm³/mol. The van der Waals surface area contributed by atoms with E-state index in [2.05, 4.69) is 16.2 Å². The summed E-state index contributed by atoms with van der Waals surface area (Å²) in [6.45, 7) is 4.03. The number of rotatable bonds is 2. The number of hydrogen-bond acceptors (Lipinski definition) is 2. The first kappa shape index (κ1) is 14.6. The minimum absolute atomic E-state index is 0.0148. The molecule has 0 fully saturated rings. The molecule has 0 heterocycles. The van der Waals surface area contributed by atoms with E-state index in [9.17, 15) is 4.79 Å². The Kier molecular flexibility index (Phi) is 4.95. The van der Waals surface area contributed by atoms with Crippen LogP contribution in [0, 0.1) is 26.2 Å². The van der Waals surface area contributed by atoms with Crippen molar-refractivity contribution in [2.75, 3.05) is 18.5 Å². The first-order valence-corrected chi connectivity index (χ1v) is 5.81. The number of anilines is 1. The second kappa shape index (κ2) is 6.45. The first-order chi connectivity index (χ1) is 8.97. The van der Waals surface area contributed by atoms with E-state index < -0.39 is 0 Å². The van der Waals surface area contributed by atoms with E-state index in [1.54, 1.807) is 7.05 Å². The van der Waals surface area contributed by atoms with Crippen molar-refractivity contribution in [2.24, 2.45) is 10.7 Å². The van der Waals surface area contributed by atoms with Gasteiger partial charge in [-0.2, -0.15) is 0 Å². The molecule has 5 heteroatoms. The Morgan fingerprint density at radius 3 is 2.58 bits per heavy atom. The van der Waals surface area contributed by atoms with Crippen LogP contribution < -0.4 is 16.0 Å². The Balaban J connectivity index is 2.86. The summed E-state index contributed by atoms with van der Waals surface area (Å²) in [4.78, 5) is 17.3. The summed E-state index contributed by atoms with van der Waals surface area (Å²) in [5.74, 6) is 2.33. The lowest BCUT2D eigenvalue weighted by Gasteiger charge is -2.21. The molecule has 0 spiro atoms. The van der Waals surface area contributed by atoms with Crippen molar-refractivity contribution in [1.82, 2.24) is 5.32 Å². The highest BCUT2D eigenvalue weighted by Gasteiger charge is 2.15. The Hall–Kier alpha value is -2.48. The molecule has 19 heavy (non-hydrogen) atoms. The van der Waals surface area contributed by atoms with E-state index in [-0.39, 0.29) is 18.5 Å². The van der Waals surface area contributed by atoms with Gasteiger partial charge in [-0.05, 0) is 25.0 Å². The smallest absolute Gasteiger partial charge is 0.328 e. The molecule has 1 aromatic rings. The number of nitrogens with two attached hydrogens (primary N) is 1. The van der Waals surface area contributed by atoms with Crippen LogP contribution in [0.1, 0.15) is 11.1 Å². The van der Waals surface area contributed by atoms with Gasteiger partial charge in [-0.3, -0.25) is 10.2 Å². The van der Waals surface area contributed by atoms with Crippen LogP contribution in [0.2, 0.25) is 0 Å². The Morgan fingerprint density at radius 2 is 2.05 bits per heavy atom. The minimum atomic E-state index is -0.351. The third kappa shape index (κ3) is 3.75. The molecular weight excluding hydrogens is 240 g/mol. The van der Waals surface area contributed by atoms with Gasteiger partial charge in [0.15, 0.2) is 5.96 Å². The number of hydrogen-bond donors (Lipinski definition) is 2. The minimum Gasteiger partial charge on any atom is -0.370 e. The number of amides is 2. The Labute approximate surface area is 113 Å². The number of carbonyl (C=O) groups is 1. The summed E-state index contributed by atoms with van der Waals surface area (Å²) >= 11 is 0. The van der Waals surface area contributed by atoms with Gasteiger partial charge >= 0.3 is 6.03 Å². The first-order valence-electron chi connectivity index (χ1n) is 5.81. The van der Waals surface area contributed by atoms with Crippen molar-refractivity contribution < 1.29 is 4.79 Å². The van der Waals surface area contributed by atoms with Crippen LogP contribution in [-0.4, -0.2) is 25.6 Å². The van der Waals surface area contributed by atoms with Crippen LogP contribution in [0.3, 0.4) is 0 Å². The van der Waals surface area contributed by atoms with Crippen molar-refractivity contribution in [3.05, 3.63) is 29.3 Å². The molecular formula is C14H18N4O. The maximum atomic E-state index is 12.0. The summed E-state index contributed by atoms with van der Waals surface area (Å²) < 4.78 is 0. The summed E-state index contributed by atoms with van der Waals surface area (Å²) in [7, 11) is 1.68. The molecule has 0 bridgehead atoms. The van der Waals surface area contributed by atoms with E-state index in [1.165, 1.54) is 4.90 Å². The maximum absolute atomic E-state index is 12.0. The molecule has 3 N–H and O–H groups in total. The normalized spacial score (nSPS) is 10.7. The molecule has 0 aliphatic carbocycles. The van der Waals surface area contributed by atoms with Gasteiger partial charge in [0.05, 0.1) is 5.69 Å². The highest BCUT2D eigenvalue weighted by atomic mass is 16.2. The van der Waals surface area contributed by atoms with Gasteiger partial charge in [-0.15, -0.1) is 6.42 Å². The molecule has 0 saturated heterocycles. The molecule has 1 aromatic carbocycles. The number of urea groups is 1. The van der Waals surface area contributed by atoms with Crippen LogP contribution in [0.15, 0.2) is 23.2 Å². The van der Waals surface area contributed by atoms with Gasteiger partial charge < -0.3 is 5.73 Å². The zero-order valence-electron chi connectivity index (χ0n) is 11.4. The zero-order chi connectivity index (χ0) is 14.4. The van der Waals surface area contributed by atoms with Crippen molar-refractivity contribution in [2.45, 2.75) is 13.8 Å². The van der Waals surface area contributed by atoms with Gasteiger partial charge in [0, 0.05) is 7.05 Å². The fraction of sp³-hybridized carbons (Fsp3) is 0.286. The summed E-state index contributed by atoms with van der Waals surface area (Å²) in [5, 5.41) is 2.49. The second-order valence-corrected chi connectivity index (χ2v) is 4.14. The van der Waals surface area contributed by atoms with E-state index in [4.69, 9.17) is 12.2 Å². The van der Waals surface area contributed by atoms with Gasteiger partial charge in [0.25, 0.3) is 0 Å². The lowest BCUT2D eigenvalue weighted by molar-refractivity contribution is 0.251. The average molecular weight is 258 g/mol. The van der Waals surface area contributed by atoms with Gasteiger partial charge in [-0.25, -0.2) is 9.79 Å². The molecule has 100 valence electrons. The van der Waals surface area contributed by atoms with Crippen LogP contribution in [-0.2, 0) is 0 Å². The quantitative estimate of drug-likeness (QED) is 0.478. The maximum Gasteiger partial charge on any atom is 0.328 e. The SMILES string of the molecule is C#CCN=C(N)NC(=O)N(C)c1c(C)cccc1C. The molecule has 0 radical (unpaired) electrons. The number of guanidine groups is 1. The molecule has 0 aromatic heterocycles. The average Bonchev–Trinajstić information content (AvgIpc) is 2.35. The fourth-order valence-corrected chi connectivity index (χ4v) is 1.80. The Morgan fingerprint density at radius 1 is 1.47 bits per heavy atom. The molecule has 0 unspecified atom stereocenters. The van der Waals surface area contributed by atoms with Crippen LogP contribution >= 0.6 is 0 Å². The largest absolute Gasteiger partial charge is 0.370 e. The fourth-order valence-electron chi connectivity index (χ4n) is 1.80.